The quantitative estimate of drug-likeness (QED) is 0.857. The molecule has 1 aromatic heterocycles. The van der Waals surface area contributed by atoms with E-state index in [-0.39, 0.29) is 19.1 Å². The molecule has 2 heterocycles. The molecule has 1 saturated heterocycles. The predicted octanol–water partition coefficient (Wildman–Crippen LogP) is 0.544. The van der Waals surface area contributed by atoms with Gasteiger partial charge in [0, 0.05) is 19.8 Å². The van der Waals surface area contributed by atoms with Crippen molar-refractivity contribution in [1.29, 1.82) is 0 Å². The van der Waals surface area contributed by atoms with Gasteiger partial charge in [0.1, 0.15) is 5.92 Å². The molecule has 0 spiro atoms. The van der Waals surface area contributed by atoms with Crippen molar-refractivity contribution in [3.63, 3.8) is 0 Å². The zero-order valence-electron chi connectivity index (χ0n) is 12.6. The topological polar surface area (TPSA) is 84.7 Å². The van der Waals surface area contributed by atoms with Gasteiger partial charge in [-0.3, -0.25) is 14.3 Å². The Morgan fingerprint density at radius 2 is 2.19 bits per heavy atom. The van der Waals surface area contributed by atoms with E-state index in [1.807, 2.05) is 13.8 Å². The minimum Gasteiger partial charge on any atom is -0.481 e. The number of rotatable bonds is 5. The Kier molecular flexibility index (Phi) is 4.62. The fourth-order valence-electron chi connectivity index (χ4n) is 2.74. The average molecular weight is 295 g/mol. The number of nitrogens with zero attached hydrogens (tertiary/aromatic N) is 3. The summed E-state index contributed by atoms with van der Waals surface area (Å²) in [5.41, 5.74) is 1.27. The highest BCUT2D eigenvalue weighted by atomic mass is 16.5. The van der Waals surface area contributed by atoms with Gasteiger partial charge in [0.05, 0.1) is 30.5 Å². The van der Waals surface area contributed by atoms with Gasteiger partial charge in [0.2, 0.25) is 0 Å². The third-order valence-electron chi connectivity index (χ3n) is 3.84. The van der Waals surface area contributed by atoms with Crippen LogP contribution in [0, 0.1) is 5.92 Å². The summed E-state index contributed by atoms with van der Waals surface area (Å²) in [6.45, 7) is 4.63. The van der Waals surface area contributed by atoms with E-state index in [4.69, 9.17) is 4.74 Å². The molecule has 1 amide bonds. The Morgan fingerprint density at radius 1 is 1.48 bits per heavy atom. The lowest BCUT2D eigenvalue weighted by molar-refractivity contribution is -0.142. The predicted molar refractivity (Wildman–Crippen MR) is 75.0 cm³/mol. The standard InChI is InChI=1S/C14H21N3O4/c1-4-11-9(6-16(3)15-11)13(18)17(5-2)12-8-21-7-10(12)14(19)20/h6,10,12H,4-5,7-8H2,1-3H3,(H,19,20). The molecule has 0 bridgehead atoms. The molecule has 7 nitrogen and oxygen atoms in total. The molecule has 2 unspecified atom stereocenters. The van der Waals surface area contributed by atoms with Crippen molar-refractivity contribution in [2.75, 3.05) is 19.8 Å². The maximum atomic E-state index is 12.7. The second kappa shape index (κ2) is 6.26. The first kappa shape index (κ1) is 15.5. The van der Waals surface area contributed by atoms with Gasteiger partial charge in [0.25, 0.3) is 5.91 Å². The van der Waals surface area contributed by atoms with E-state index in [0.29, 0.717) is 18.5 Å². The van der Waals surface area contributed by atoms with Gasteiger partial charge in [0.15, 0.2) is 0 Å². The fraction of sp³-hybridized carbons (Fsp3) is 0.643. The second-order valence-electron chi connectivity index (χ2n) is 5.16. The lowest BCUT2D eigenvalue weighted by Crippen LogP contribution is -2.46. The van der Waals surface area contributed by atoms with Crippen molar-refractivity contribution in [3.05, 3.63) is 17.5 Å². The Balaban J connectivity index is 2.28. The Bertz CT molecular complexity index is 540. The molecule has 0 aliphatic carbocycles. The van der Waals surface area contributed by atoms with E-state index in [0.717, 1.165) is 5.69 Å². The molecule has 7 heteroatoms. The van der Waals surface area contributed by atoms with Gasteiger partial charge < -0.3 is 14.7 Å². The number of carboxylic acid groups (broad SMARTS) is 1. The molecular weight excluding hydrogens is 274 g/mol. The van der Waals surface area contributed by atoms with Crippen LogP contribution in [-0.2, 0) is 23.0 Å². The van der Waals surface area contributed by atoms with Crippen LogP contribution in [0.4, 0.5) is 0 Å². The number of likely N-dealkylation sites (N-methyl/N-ethyl adjacent to an activating group) is 1. The molecular formula is C14H21N3O4. The van der Waals surface area contributed by atoms with Crippen molar-refractivity contribution in [2.24, 2.45) is 13.0 Å². The van der Waals surface area contributed by atoms with Crippen LogP contribution in [0.1, 0.15) is 29.9 Å². The summed E-state index contributed by atoms with van der Waals surface area (Å²) in [6, 6.07) is -0.426. The molecule has 1 aliphatic rings. The molecule has 21 heavy (non-hydrogen) atoms. The highest BCUT2D eigenvalue weighted by Crippen LogP contribution is 2.23. The summed E-state index contributed by atoms with van der Waals surface area (Å²) in [6.07, 6.45) is 2.35. The van der Waals surface area contributed by atoms with Crippen molar-refractivity contribution in [3.8, 4) is 0 Å². The van der Waals surface area contributed by atoms with E-state index in [1.165, 1.54) is 0 Å². The summed E-state index contributed by atoms with van der Waals surface area (Å²) in [7, 11) is 1.77. The molecule has 1 aromatic rings. The zero-order chi connectivity index (χ0) is 15.6. The summed E-state index contributed by atoms with van der Waals surface area (Å²) in [5, 5.41) is 13.5. The average Bonchev–Trinajstić information content (AvgIpc) is 3.05. The van der Waals surface area contributed by atoms with E-state index >= 15 is 0 Å². The summed E-state index contributed by atoms with van der Waals surface area (Å²) < 4.78 is 6.88. The summed E-state index contributed by atoms with van der Waals surface area (Å²) in [4.78, 5) is 25.6. The van der Waals surface area contributed by atoms with Crippen molar-refractivity contribution in [1.82, 2.24) is 14.7 Å². The SMILES string of the molecule is CCc1nn(C)cc1C(=O)N(CC)C1COCC1C(=O)O. The van der Waals surface area contributed by atoms with Crippen LogP contribution >= 0.6 is 0 Å². The number of carboxylic acids is 1. The van der Waals surface area contributed by atoms with Crippen LogP contribution in [0.3, 0.4) is 0 Å². The summed E-state index contributed by atoms with van der Waals surface area (Å²) >= 11 is 0. The first-order chi connectivity index (χ1) is 9.99. The van der Waals surface area contributed by atoms with Crippen LogP contribution in [-0.4, -0.2) is 57.5 Å². The molecule has 0 aromatic carbocycles. The number of hydrogen-bond donors (Lipinski definition) is 1. The second-order valence-corrected chi connectivity index (χ2v) is 5.16. The number of carbonyl (C=O) groups is 2. The molecule has 1 aliphatic heterocycles. The molecule has 2 rings (SSSR count). The van der Waals surface area contributed by atoms with Gasteiger partial charge >= 0.3 is 5.97 Å². The molecule has 1 N–H and O–H groups in total. The number of aromatic nitrogens is 2. The molecule has 0 saturated carbocycles. The molecule has 2 atom stereocenters. The van der Waals surface area contributed by atoms with Crippen LogP contribution in [0.2, 0.25) is 0 Å². The van der Waals surface area contributed by atoms with Gasteiger partial charge in [-0.1, -0.05) is 6.92 Å². The minimum atomic E-state index is -0.925. The summed E-state index contributed by atoms with van der Waals surface area (Å²) in [5.74, 6) is -1.77. The number of amides is 1. The first-order valence-corrected chi connectivity index (χ1v) is 7.13. The number of ether oxygens (including phenoxy) is 1. The minimum absolute atomic E-state index is 0.150. The Hall–Kier alpha value is -1.89. The van der Waals surface area contributed by atoms with Crippen molar-refractivity contribution in [2.45, 2.75) is 26.3 Å². The lowest BCUT2D eigenvalue weighted by Gasteiger charge is -2.29. The maximum Gasteiger partial charge on any atom is 0.311 e. The monoisotopic (exact) mass is 295 g/mol. The first-order valence-electron chi connectivity index (χ1n) is 7.13. The van der Waals surface area contributed by atoms with Gasteiger partial charge in [-0.15, -0.1) is 0 Å². The zero-order valence-corrected chi connectivity index (χ0v) is 12.6. The molecule has 116 valence electrons. The van der Waals surface area contributed by atoms with E-state index in [2.05, 4.69) is 5.10 Å². The molecule has 1 fully saturated rings. The van der Waals surface area contributed by atoms with Gasteiger partial charge in [-0.25, -0.2) is 0 Å². The van der Waals surface area contributed by atoms with Gasteiger partial charge in [-0.2, -0.15) is 5.10 Å². The van der Waals surface area contributed by atoms with E-state index in [9.17, 15) is 14.7 Å². The van der Waals surface area contributed by atoms with Crippen molar-refractivity contribution < 1.29 is 19.4 Å². The van der Waals surface area contributed by atoms with Gasteiger partial charge in [-0.05, 0) is 13.3 Å². The number of aliphatic carboxylic acids is 1. The highest BCUT2D eigenvalue weighted by Gasteiger charge is 2.40. The normalized spacial score (nSPS) is 21.5. The third-order valence-corrected chi connectivity index (χ3v) is 3.84. The van der Waals surface area contributed by atoms with Crippen LogP contribution < -0.4 is 0 Å². The van der Waals surface area contributed by atoms with E-state index < -0.39 is 17.9 Å². The third kappa shape index (κ3) is 2.92. The van der Waals surface area contributed by atoms with Crippen LogP contribution in [0.25, 0.3) is 0 Å². The van der Waals surface area contributed by atoms with Crippen LogP contribution in [0.5, 0.6) is 0 Å². The lowest BCUT2D eigenvalue weighted by atomic mass is 10.0. The number of carbonyl (C=O) groups excluding carboxylic acids is 1. The maximum absolute atomic E-state index is 12.7. The number of aryl methyl sites for hydroxylation is 2. The smallest absolute Gasteiger partial charge is 0.311 e. The van der Waals surface area contributed by atoms with E-state index in [1.54, 1.807) is 22.8 Å². The van der Waals surface area contributed by atoms with Crippen LogP contribution in [0.15, 0.2) is 6.20 Å². The fourth-order valence-corrected chi connectivity index (χ4v) is 2.74. The molecule has 0 radical (unpaired) electrons. The largest absolute Gasteiger partial charge is 0.481 e. The Morgan fingerprint density at radius 3 is 2.76 bits per heavy atom. The number of hydrogen-bond acceptors (Lipinski definition) is 4. The van der Waals surface area contributed by atoms with Crippen molar-refractivity contribution >= 4 is 11.9 Å². The Labute approximate surface area is 123 Å². The highest BCUT2D eigenvalue weighted by molar-refractivity contribution is 5.95.